The van der Waals surface area contributed by atoms with Gasteiger partial charge in [-0.1, -0.05) is 45.7 Å². The number of nitrogens with one attached hydrogen (secondary N) is 1. The number of urea groups is 1. The zero-order valence-electron chi connectivity index (χ0n) is 19.5. The quantitative estimate of drug-likeness (QED) is 0.276. The van der Waals surface area contributed by atoms with E-state index in [0.717, 1.165) is 20.5 Å². The van der Waals surface area contributed by atoms with Crippen molar-refractivity contribution in [3.05, 3.63) is 92.4 Å². The highest BCUT2D eigenvalue weighted by Gasteiger charge is 2.37. The molecule has 0 aromatic heterocycles. The van der Waals surface area contributed by atoms with Crippen LogP contribution < -0.4 is 19.7 Å². The van der Waals surface area contributed by atoms with Gasteiger partial charge in [0.25, 0.3) is 11.8 Å². The monoisotopic (exact) mass is 568 g/mol. The molecule has 0 aliphatic carbocycles. The van der Waals surface area contributed by atoms with Crippen molar-refractivity contribution in [1.82, 2.24) is 5.32 Å². The van der Waals surface area contributed by atoms with E-state index in [2.05, 4.69) is 21.2 Å². The molecule has 4 rings (SSSR count). The molecule has 184 valence electrons. The molecule has 0 bridgehead atoms. The van der Waals surface area contributed by atoms with E-state index in [1.165, 1.54) is 6.08 Å². The van der Waals surface area contributed by atoms with E-state index in [1.807, 2.05) is 26.0 Å². The Morgan fingerprint density at radius 3 is 2.42 bits per heavy atom. The maximum absolute atomic E-state index is 13.2. The van der Waals surface area contributed by atoms with E-state index in [1.54, 1.807) is 48.5 Å². The number of carbonyl (C=O) groups is 3. The van der Waals surface area contributed by atoms with Gasteiger partial charge < -0.3 is 9.47 Å². The molecule has 4 amide bonds. The lowest BCUT2D eigenvalue weighted by Crippen LogP contribution is -2.54. The summed E-state index contributed by atoms with van der Waals surface area (Å²) in [6.07, 6.45) is 1.42. The molecule has 1 heterocycles. The number of barbiturate groups is 1. The Labute approximate surface area is 221 Å². The van der Waals surface area contributed by atoms with Crippen LogP contribution in [0.2, 0.25) is 5.02 Å². The minimum absolute atomic E-state index is 0.174. The lowest BCUT2D eigenvalue weighted by atomic mass is 10.1. The number of nitrogens with zero attached hydrogens (tertiary/aromatic N) is 1. The molecular formula is C27H22BrClN2O5. The predicted molar refractivity (Wildman–Crippen MR) is 141 cm³/mol. The number of rotatable bonds is 7. The van der Waals surface area contributed by atoms with Gasteiger partial charge in [-0.25, -0.2) is 9.69 Å². The summed E-state index contributed by atoms with van der Waals surface area (Å²) < 4.78 is 12.5. The van der Waals surface area contributed by atoms with Crippen molar-refractivity contribution in [1.29, 1.82) is 0 Å². The number of halogens is 2. The number of anilines is 1. The van der Waals surface area contributed by atoms with E-state index < -0.39 is 17.8 Å². The largest absolute Gasteiger partial charge is 0.490 e. The Bertz CT molecular complexity index is 1370. The zero-order chi connectivity index (χ0) is 25.8. The second kappa shape index (κ2) is 11.0. The fraction of sp³-hybridized carbons (Fsp3) is 0.148. The highest BCUT2D eigenvalue weighted by Crippen LogP contribution is 2.31. The number of benzene rings is 3. The second-order valence-electron chi connectivity index (χ2n) is 7.95. The Kier molecular flexibility index (Phi) is 7.76. The summed E-state index contributed by atoms with van der Waals surface area (Å²) in [5, 5.41) is 2.88. The summed E-state index contributed by atoms with van der Waals surface area (Å²) in [5.74, 6) is -0.515. The summed E-state index contributed by atoms with van der Waals surface area (Å²) in [6.45, 7) is 4.38. The fourth-order valence-electron chi connectivity index (χ4n) is 3.57. The summed E-state index contributed by atoms with van der Waals surface area (Å²) in [7, 11) is 0. The molecule has 0 unspecified atom stereocenters. The number of hydrogen-bond acceptors (Lipinski definition) is 5. The number of ether oxygens (including phenoxy) is 2. The number of amides is 4. The second-order valence-corrected chi connectivity index (χ2v) is 9.24. The molecule has 0 radical (unpaired) electrons. The van der Waals surface area contributed by atoms with E-state index in [-0.39, 0.29) is 5.57 Å². The van der Waals surface area contributed by atoms with Crippen LogP contribution in [0.4, 0.5) is 10.5 Å². The van der Waals surface area contributed by atoms with Crippen molar-refractivity contribution in [2.45, 2.75) is 20.5 Å². The third kappa shape index (κ3) is 5.61. The molecule has 0 atom stereocenters. The molecule has 3 aromatic rings. The average molecular weight is 570 g/mol. The van der Waals surface area contributed by atoms with Gasteiger partial charge in [-0.3, -0.25) is 14.9 Å². The normalized spacial score (nSPS) is 14.7. The number of aryl methyl sites for hydroxylation is 1. The Balaban J connectivity index is 1.61. The van der Waals surface area contributed by atoms with Crippen LogP contribution in [0.25, 0.3) is 6.08 Å². The van der Waals surface area contributed by atoms with Crippen molar-refractivity contribution in [2.24, 2.45) is 0 Å². The van der Waals surface area contributed by atoms with Crippen molar-refractivity contribution in [3.8, 4) is 11.5 Å². The number of carbonyl (C=O) groups excluding carboxylic acids is 3. The van der Waals surface area contributed by atoms with Gasteiger partial charge in [-0.05, 0) is 79.1 Å². The summed E-state index contributed by atoms with van der Waals surface area (Å²) >= 11 is 9.34. The number of imide groups is 2. The molecule has 0 spiro atoms. The third-order valence-electron chi connectivity index (χ3n) is 5.39. The molecule has 1 fully saturated rings. The molecule has 9 heteroatoms. The van der Waals surface area contributed by atoms with Gasteiger partial charge in [0.1, 0.15) is 12.2 Å². The Hall–Kier alpha value is -3.62. The smallest absolute Gasteiger partial charge is 0.335 e. The summed E-state index contributed by atoms with van der Waals surface area (Å²) in [6, 6.07) is 16.7. The van der Waals surface area contributed by atoms with E-state index in [0.29, 0.717) is 41.0 Å². The number of hydrogen-bond donors (Lipinski definition) is 1. The van der Waals surface area contributed by atoms with Crippen LogP contribution in [0.5, 0.6) is 11.5 Å². The van der Waals surface area contributed by atoms with Crippen LogP contribution in [0.3, 0.4) is 0 Å². The lowest BCUT2D eigenvalue weighted by molar-refractivity contribution is -0.122. The van der Waals surface area contributed by atoms with Crippen molar-refractivity contribution in [2.75, 3.05) is 11.5 Å². The molecule has 3 aromatic carbocycles. The minimum atomic E-state index is -0.801. The van der Waals surface area contributed by atoms with Gasteiger partial charge in [0.05, 0.1) is 12.3 Å². The summed E-state index contributed by atoms with van der Waals surface area (Å²) in [5.41, 5.74) is 2.50. The maximum Gasteiger partial charge on any atom is 0.335 e. The highest BCUT2D eigenvalue weighted by molar-refractivity contribution is 9.10. The zero-order valence-corrected chi connectivity index (χ0v) is 21.9. The molecule has 0 saturated carbocycles. The van der Waals surface area contributed by atoms with Gasteiger partial charge in [0.2, 0.25) is 0 Å². The SMILES string of the molecule is CCOc1cc(/C=C2\C(=O)NC(=O)N(c3ccc(Br)c(C)c3)C2=O)ccc1OCc1ccc(Cl)cc1. The Morgan fingerprint density at radius 2 is 1.72 bits per heavy atom. The minimum Gasteiger partial charge on any atom is -0.490 e. The van der Waals surface area contributed by atoms with E-state index in [4.69, 9.17) is 21.1 Å². The lowest BCUT2D eigenvalue weighted by Gasteiger charge is -2.26. The molecule has 1 N–H and O–H groups in total. The predicted octanol–water partition coefficient (Wildman–Crippen LogP) is 6.06. The molecule has 1 aliphatic heterocycles. The summed E-state index contributed by atoms with van der Waals surface area (Å²) in [4.78, 5) is 39.2. The maximum atomic E-state index is 13.2. The van der Waals surface area contributed by atoms with E-state index in [9.17, 15) is 14.4 Å². The van der Waals surface area contributed by atoms with Crippen LogP contribution in [-0.2, 0) is 16.2 Å². The standard InChI is InChI=1S/C27H22BrClN2O5/c1-3-35-24-14-18(6-11-23(24)36-15-17-4-7-19(29)8-5-17)13-21-25(32)30-27(34)31(26(21)33)20-9-10-22(28)16(2)12-20/h4-14H,3,15H2,1-2H3,(H,30,32,34)/b21-13+. The van der Waals surface area contributed by atoms with Crippen molar-refractivity contribution in [3.63, 3.8) is 0 Å². The molecule has 1 saturated heterocycles. The molecule has 36 heavy (non-hydrogen) atoms. The average Bonchev–Trinajstić information content (AvgIpc) is 2.84. The van der Waals surface area contributed by atoms with Crippen LogP contribution >= 0.6 is 27.5 Å². The first-order chi connectivity index (χ1) is 17.3. The van der Waals surface area contributed by atoms with Gasteiger partial charge in [-0.2, -0.15) is 0 Å². The Morgan fingerprint density at radius 1 is 0.972 bits per heavy atom. The van der Waals surface area contributed by atoms with Gasteiger partial charge in [-0.15, -0.1) is 0 Å². The molecular weight excluding hydrogens is 548 g/mol. The van der Waals surface area contributed by atoms with Crippen molar-refractivity contribution < 1.29 is 23.9 Å². The van der Waals surface area contributed by atoms with Crippen LogP contribution in [0.15, 0.2) is 70.7 Å². The first-order valence-corrected chi connectivity index (χ1v) is 12.3. The topological polar surface area (TPSA) is 84.9 Å². The van der Waals surface area contributed by atoms with Crippen molar-refractivity contribution >= 4 is 57.1 Å². The van der Waals surface area contributed by atoms with E-state index >= 15 is 0 Å². The fourth-order valence-corrected chi connectivity index (χ4v) is 3.94. The first-order valence-electron chi connectivity index (χ1n) is 11.1. The first kappa shape index (κ1) is 25.5. The van der Waals surface area contributed by atoms with Crippen LogP contribution in [0.1, 0.15) is 23.6 Å². The highest BCUT2D eigenvalue weighted by atomic mass is 79.9. The van der Waals surface area contributed by atoms with Gasteiger partial charge >= 0.3 is 6.03 Å². The van der Waals surface area contributed by atoms with Crippen LogP contribution in [-0.4, -0.2) is 24.5 Å². The van der Waals surface area contributed by atoms with Gasteiger partial charge in [0, 0.05) is 9.50 Å². The molecule has 7 nitrogen and oxygen atoms in total. The third-order valence-corrected chi connectivity index (χ3v) is 6.53. The molecule has 1 aliphatic rings. The van der Waals surface area contributed by atoms with Gasteiger partial charge in [0.15, 0.2) is 11.5 Å². The van der Waals surface area contributed by atoms with Crippen LogP contribution in [0, 0.1) is 6.92 Å².